The van der Waals surface area contributed by atoms with Gasteiger partial charge in [0.2, 0.25) is 0 Å². The lowest BCUT2D eigenvalue weighted by Crippen LogP contribution is -2.35. The number of aromatic nitrogens is 2. The number of para-hydroxylation sites is 1. The molecule has 0 aliphatic rings. The maximum Gasteiger partial charge on any atom is 0.258 e. The van der Waals surface area contributed by atoms with E-state index >= 15 is 0 Å². The summed E-state index contributed by atoms with van der Waals surface area (Å²) in [7, 11) is 1.79. The van der Waals surface area contributed by atoms with Gasteiger partial charge in [0.1, 0.15) is 23.4 Å². The third-order valence-electron chi connectivity index (χ3n) is 3.75. The summed E-state index contributed by atoms with van der Waals surface area (Å²) >= 11 is 0. The summed E-state index contributed by atoms with van der Waals surface area (Å²) in [5.41, 5.74) is 0.352. The Balaban J connectivity index is 1.77. The van der Waals surface area contributed by atoms with Gasteiger partial charge in [-0.05, 0) is 18.2 Å². The van der Waals surface area contributed by atoms with Crippen LogP contribution in [0.5, 0.6) is 5.75 Å². The van der Waals surface area contributed by atoms with Crippen LogP contribution >= 0.6 is 0 Å². The molecule has 1 atom stereocenters. The van der Waals surface area contributed by atoms with E-state index in [1.165, 1.54) is 6.07 Å². The van der Waals surface area contributed by atoms with Crippen molar-refractivity contribution in [1.82, 2.24) is 14.9 Å². The first-order valence-electron chi connectivity index (χ1n) is 7.84. The summed E-state index contributed by atoms with van der Waals surface area (Å²) in [5.74, 6) is 0.370. The number of halogens is 1. The highest BCUT2D eigenvalue weighted by Gasteiger charge is 2.23. The van der Waals surface area contributed by atoms with Crippen LogP contribution in [0.3, 0.4) is 0 Å². The monoisotopic (exact) mass is 339 g/mol. The molecule has 1 heterocycles. The molecule has 1 N–H and O–H groups in total. The Hall–Kier alpha value is -3.15. The summed E-state index contributed by atoms with van der Waals surface area (Å²) in [5, 5.41) is 2.80. The highest BCUT2D eigenvalue weighted by Crippen LogP contribution is 2.23. The van der Waals surface area contributed by atoms with Gasteiger partial charge in [-0.3, -0.25) is 4.79 Å². The number of amides is 1. The second-order valence-electron chi connectivity index (χ2n) is 5.52. The molecule has 2 aromatic carbocycles. The number of hydrogen-bond acceptors (Lipinski definition) is 3. The van der Waals surface area contributed by atoms with Gasteiger partial charge >= 0.3 is 0 Å². The molecule has 0 bridgehead atoms. The van der Waals surface area contributed by atoms with Gasteiger partial charge in [-0.2, -0.15) is 0 Å². The van der Waals surface area contributed by atoms with Crippen molar-refractivity contribution in [3.8, 4) is 5.75 Å². The van der Waals surface area contributed by atoms with Crippen molar-refractivity contribution in [2.45, 2.75) is 6.04 Å². The average molecular weight is 339 g/mol. The summed E-state index contributed by atoms with van der Waals surface area (Å²) < 4.78 is 21.4. The third kappa shape index (κ3) is 4.03. The van der Waals surface area contributed by atoms with Crippen molar-refractivity contribution in [3.63, 3.8) is 0 Å². The van der Waals surface area contributed by atoms with Crippen LogP contribution in [0, 0.1) is 5.82 Å². The quantitative estimate of drug-likeness (QED) is 0.751. The SMILES string of the molecule is Cn1ccnc1[C@@H](NC(=O)COc1ccccc1)c1ccccc1F. The first kappa shape index (κ1) is 16.7. The molecule has 0 radical (unpaired) electrons. The number of rotatable bonds is 6. The fourth-order valence-corrected chi connectivity index (χ4v) is 2.51. The molecule has 1 aromatic heterocycles. The number of ether oxygens (including phenoxy) is 1. The highest BCUT2D eigenvalue weighted by molar-refractivity contribution is 5.78. The van der Waals surface area contributed by atoms with Gasteiger partial charge in [0.15, 0.2) is 6.61 Å². The smallest absolute Gasteiger partial charge is 0.258 e. The normalized spacial score (nSPS) is 11.8. The van der Waals surface area contributed by atoms with Crippen LogP contribution in [-0.2, 0) is 11.8 Å². The first-order chi connectivity index (χ1) is 12.1. The van der Waals surface area contributed by atoms with E-state index in [-0.39, 0.29) is 12.5 Å². The Morgan fingerprint density at radius 1 is 1.20 bits per heavy atom. The van der Waals surface area contributed by atoms with Gasteiger partial charge in [-0.15, -0.1) is 0 Å². The summed E-state index contributed by atoms with van der Waals surface area (Å²) in [4.78, 5) is 16.6. The van der Waals surface area contributed by atoms with Crippen molar-refractivity contribution in [3.05, 3.63) is 84.2 Å². The third-order valence-corrected chi connectivity index (χ3v) is 3.75. The molecule has 0 aliphatic carbocycles. The van der Waals surface area contributed by atoms with Gasteiger partial charge in [0, 0.05) is 25.0 Å². The van der Waals surface area contributed by atoms with Gasteiger partial charge < -0.3 is 14.6 Å². The molecule has 0 spiro atoms. The zero-order valence-corrected chi connectivity index (χ0v) is 13.7. The van der Waals surface area contributed by atoms with E-state index in [4.69, 9.17) is 4.74 Å². The van der Waals surface area contributed by atoms with Gasteiger partial charge in [-0.25, -0.2) is 9.37 Å². The highest BCUT2D eigenvalue weighted by atomic mass is 19.1. The van der Waals surface area contributed by atoms with Crippen LogP contribution in [0.1, 0.15) is 17.4 Å². The number of nitrogens with one attached hydrogen (secondary N) is 1. The fraction of sp³-hybridized carbons (Fsp3) is 0.158. The van der Waals surface area contributed by atoms with Crippen LogP contribution in [-0.4, -0.2) is 22.1 Å². The molecular weight excluding hydrogens is 321 g/mol. The summed E-state index contributed by atoms with van der Waals surface area (Å²) in [6.45, 7) is -0.167. The van der Waals surface area contributed by atoms with Crippen LogP contribution in [0.25, 0.3) is 0 Å². The molecule has 5 nitrogen and oxygen atoms in total. The molecule has 0 unspecified atom stereocenters. The van der Waals surface area contributed by atoms with E-state index in [1.807, 2.05) is 18.2 Å². The van der Waals surface area contributed by atoms with Gasteiger partial charge in [-0.1, -0.05) is 36.4 Å². The molecule has 0 aliphatic heterocycles. The lowest BCUT2D eigenvalue weighted by Gasteiger charge is -2.19. The lowest BCUT2D eigenvalue weighted by atomic mass is 10.1. The van der Waals surface area contributed by atoms with Crippen molar-refractivity contribution in [2.75, 3.05) is 6.61 Å². The maximum absolute atomic E-state index is 14.2. The van der Waals surface area contributed by atoms with Crippen molar-refractivity contribution in [1.29, 1.82) is 0 Å². The van der Waals surface area contributed by atoms with Crippen LogP contribution in [0.15, 0.2) is 67.0 Å². The largest absolute Gasteiger partial charge is 0.484 e. The van der Waals surface area contributed by atoms with E-state index in [2.05, 4.69) is 10.3 Å². The minimum Gasteiger partial charge on any atom is -0.484 e. The number of imidazole rings is 1. The first-order valence-corrected chi connectivity index (χ1v) is 7.84. The molecular formula is C19H18FN3O2. The van der Waals surface area contributed by atoms with Gasteiger partial charge in [0.05, 0.1) is 0 Å². The Kier molecular flexibility index (Phi) is 5.09. The zero-order chi connectivity index (χ0) is 17.6. The van der Waals surface area contributed by atoms with E-state index < -0.39 is 11.9 Å². The van der Waals surface area contributed by atoms with Gasteiger partial charge in [0.25, 0.3) is 5.91 Å². The molecule has 0 fully saturated rings. The van der Waals surface area contributed by atoms with Crippen LogP contribution in [0.2, 0.25) is 0 Å². The van der Waals surface area contributed by atoms with Crippen LogP contribution < -0.4 is 10.1 Å². The second-order valence-corrected chi connectivity index (χ2v) is 5.52. The van der Waals surface area contributed by atoms with Crippen molar-refractivity contribution < 1.29 is 13.9 Å². The van der Waals surface area contributed by atoms with E-state index in [0.717, 1.165) is 0 Å². The molecule has 0 saturated carbocycles. The predicted molar refractivity (Wildman–Crippen MR) is 91.5 cm³/mol. The molecule has 6 heteroatoms. The van der Waals surface area contributed by atoms with E-state index in [1.54, 1.807) is 54.3 Å². The predicted octanol–water partition coefficient (Wildman–Crippen LogP) is 2.84. The minimum absolute atomic E-state index is 0.167. The molecule has 1 amide bonds. The molecule has 3 aromatic rings. The molecule has 0 saturated heterocycles. The standard InChI is InChI=1S/C19H18FN3O2/c1-23-12-11-21-19(23)18(15-9-5-6-10-16(15)20)22-17(24)13-25-14-7-3-2-4-8-14/h2-12,18H,13H2,1H3,(H,22,24)/t18-/m0/s1. The summed E-state index contributed by atoms with van der Waals surface area (Å²) in [6, 6.07) is 14.7. The number of nitrogens with zero attached hydrogens (tertiary/aromatic N) is 2. The number of carbonyl (C=O) groups is 1. The van der Waals surface area contributed by atoms with E-state index in [0.29, 0.717) is 17.1 Å². The van der Waals surface area contributed by atoms with E-state index in [9.17, 15) is 9.18 Å². The lowest BCUT2D eigenvalue weighted by molar-refractivity contribution is -0.123. The number of benzene rings is 2. The van der Waals surface area contributed by atoms with Crippen molar-refractivity contribution in [2.24, 2.45) is 7.05 Å². The average Bonchev–Trinajstić information content (AvgIpc) is 3.05. The molecule has 128 valence electrons. The number of hydrogen-bond donors (Lipinski definition) is 1. The zero-order valence-electron chi connectivity index (χ0n) is 13.7. The summed E-state index contributed by atoms with van der Waals surface area (Å²) in [6.07, 6.45) is 3.35. The number of aryl methyl sites for hydroxylation is 1. The molecule has 3 rings (SSSR count). The van der Waals surface area contributed by atoms with Crippen molar-refractivity contribution >= 4 is 5.91 Å². The Morgan fingerprint density at radius 2 is 1.92 bits per heavy atom. The molecule has 25 heavy (non-hydrogen) atoms. The Morgan fingerprint density at radius 3 is 2.60 bits per heavy atom. The minimum atomic E-state index is -0.701. The Bertz CT molecular complexity index is 849. The second kappa shape index (κ2) is 7.61. The number of carbonyl (C=O) groups excluding carboxylic acids is 1. The fourth-order valence-electron chi connectivity index (χ4n) is 2.51. The van der Waals surface area contributed by atoms with Crippen LogP contribution in [0.4, 0.5) is 4.39 Å². The maximum atomic E-state index is 14.2. The Labute approximate surface area is 145 Å². The topological polar surface area (TPSA) is 56.2 Å².